The average Bonchev–Trinajstić information content (AvgIpc) is 3.86. The highest BCUT2D eigenvalue weighted by Crippen LogP contribution is 2.42. The van der Waals surface area contributed by atoms with Crippen LogP contribution >= 0.6 is 0 Å². The molecule has 0 aliphatic rings. The van der Waals surface area contributed by atoms with E-state index < -0.39 is 0 Å². The van der Waals surface area contributed by atoms with Gasteiger partial charge >= 0.3 is 0 Å². The number of rotatable bonds is 6. The van der Waals surface area contributed by atoms with Crippen molar-refractivity contribution >= 4 is 82.4 Å². The van der Waals surface area contributed by atoms with E-state index in [0.717, 1.165) is 61.2 Å². The maximum absolute atomic E-state index is 6.54. The number of hydrogen-bond donors (Lipinski definition) is 0. The molecule has 0 saturated carbocycles. The Labute approximate surface area is 341 Å². The van der Waals surface area contributed by atoms with Crippen LogP contribution in [0.25, 0.3) is 93.2 Å². The summed E-state index contributed by atoms with van der Waals surface area (Å²) in [5.74, 6) is 0. The minimum Gasteiger partial charge on any atom is -0.455 e. The van der Waals surface area contributed by atoms with Crippen molar-refractivity contribution in [1.82, 2.24) is 4.57 Å². The van der Waals surface area contributed by atoms with E-state index in [1.807, 2.05) is 0 Å². The molecule has 2 aromatic heterocycles. The summed E-state index contributed by atoms with van der Waals surface area (Å²) in [6.07, 6.45) is 0. The summed E-state index contributed by atoms with van der Waals surface area (Å²) in [7, 11) is 0. The maximum Gasteiger partial charge on any atom is 0.143 e. The van der Waals surface area contributed by atoms with Gasteiger partial charge < -0.3 is 13.9 Å². The Hall–Kier alpha value is -7.88. The Bertz CT molecular complexity index is 3480. The van der Waals surface area contributed by atoms with E-state index in [1.54, 1.807) is 0 Å². The van der Waals surface area contributed by atoms with E-state index in [1.165, 1.54) is 49.1 Å². The Morgan fingerprint density at radius 1 is 0.339 bits per heavy atom. The molecule has 0 unspecified atom stereocenters. The first kappa shape index (κ1) is 33.3. The van der Waals surface area contributed by atoms with E-state index in [-0.39, 0.29) is 0 Å². The fourth-order valence-electron chi connectivity index (χ4n) is 9.25. The molecule has 0 atom stereocenters. The lowest BCUT2D eigenvalue weighted by Gasteiger charge is -2.26. The zero-order chi connectivity index (χ0) is 38.9. The second-order valence-electron chi connectivity index (χ2n) is 15.3. The smallest absolute Gasteiger partial charge is 0.143 e. The molecule has 0 bridgehead atoms. The number of fused-ring (bicyclic) bond motifs is 9. The molecule has 59 heavy (non-hydrogen) atoms. The number of aromatic nitrogens is 1. The van der Waals surface area contributed by atoms with Gasteiger partial charge in [-0.3, -0.25) is 0 Å². The van der Waals surface area contributed by atoms with Crippen molar-refractivity contribution in [2.75, 3.05) is 4.90 Å². The monoisotopic (exact) mass is 752 g/mol. The molecule has 0 spiro atoms. The number of anilines is 3. The van der Waals surface area contributed by atoms with Gasteiger partial charge in [-0.25, -0.2) is 0 Å². The Morgan fingerprint density at radius 2 is 0.831 bits per heavy atom. The SMILES string of the molecule is c1ccc2c(-c3ccc(N(c4ccc(-c5cccc6oc7c8ccccc8ccc7c56)cc4)c4ccc(-n5c6ccccc6c6ccccc65)cc4)cc3)cccc2c1. The zero-order valence-corrected chi connectivity index (χ0v) is 32.1. The molecule has 10 aromatic carbocycles. The summed E-state index contributed by atoms with van der Waals surface area (Å²) >= 11 is 0. The van der Waals surface area contributed by atoms with Gasteiger partial charge in [0.05, 0.1) is 11.0 Å². The van der Waals surface area contributed by atoms with Crippen molar-refractivity contribution in [2.45, 2.75) is 0 Å². The standard InChI is InChI=1S/C56H36N2O/c1-3-14-45-37(11-1)13-9-18-46(45)39-23-28-41(29-24-39)57(43-32-34-44(35-33-43)58-52-20-7-5-16-49(52)50-17-6-8-21-53(50)58)42-30-25-40(26-31-42)47-19-10-22-54-55(47)51-36-27-38-12-2-4-15-48(38)56(51)59-54/h1-36H. The highest BCUT2D eigenvalue weighted by molar-refractivity contribution is 6.19. The minimum atomic E-state index is 0.897. The van der Waals surface area contributed by atoms with Gasteiger partial charge in [-0.2, -0.15) is 0 Å². The first-order chi connectivity index (χ1) is 29.3. The summed E-state index contributed by atoms with van der Waals surface area (Å²) in [6.45, 7) is 0. The topological polar surface area (TPSA) is 21.3 Å². The molecule has 0 fully saturated rings. The van der Waals surface area contributed by atoms with E-state index >= 15 is 0 Å². The number of furan rings is 1. The Morgan fingerprint density at radius 3 is 1.49 bits per heavy atom. The van der Waals surface area contributed by atoms with Crippen LogP contribution in [0.2, 0.25) is 0 Å². The quantitative estimate of drug-likeness (QED) is 0.169. The second kappa shape index (κ2) is 13.4. The second-order valence-corrected chi connectivity index (χ2v) is 15.3. The first-order valence-corrected chi connectivity index (χ1v) is 20.2. The third-order valence-corrected chi connectivity index (χ3v) is 12.0. The molecule has 2 heterocycles. The van der Waals surface area contributed by atoms with Crippen molar-refractivity contribution < 1.29 is 4.42 Å². The van der Waals surface area contributed by atoms with Gasteiger partial charge in [-0.15, -0.1) is 0 Å². The highest BCUT2D eigenvalue weighted by atomic mass is 16.3. The van der Waals surface area contributed by atoms with Gasteiger partial charge in [0.25, 0.3) is 0 Å². The number of nitrogens with zero attached hydrogens (tertiary/aromatic N) is 2. The molecule has 12 rings (SSSR count). The molecule has 0 aliphatic carbocycles. The van der Waals surface area contributed by atoms with Crippen molar-refractivity contribution in [1.29, 1.82) is 0 Å². The predicted octanol–water partition coefficient (Wildman–Crippen LogP) is 15.8. The van der Waals surface area contributed by atoms with Crippen LogP contribution in [0.3, 0.4) is 0 Å². The minimum absolute atomic E-state index is 0.897. The van der Waals surface area contributed by atoms with Gasteiger partial charge in [-0.05, 0) is 111 Å². The average molecular weight is 753 g/mol. The summed E-state index contributed by atoms with van der Waals surface area (Å²) in [4.78, 5) is 2.35. The first-order valence-electron chi connectivity index (χ1n) is 20.2. The predicted molar refractivity (Wildman–Crippen MR) is 249 cm³/mol. The summed E-state index contributed by atoms with van der Waals surface area (Å²) < 4.78 is 8.92. The van der Waals surface area contributed by atoms with Crippen LogP contribution in [-0.2, 0) is 0 Å². The third-order valence-electron chi connectivity index (χ3n) is 12.0. The molecule has 3 nitrogen and oxygen atoms in total. The largest absolute Gasteiger partial charge is 0.455 e. The summed E-state index contributed by atoms with van der Waals surface area (Å²) in [5.41, 5.74) is 13.3. The molecule has 3 heteroatoms. The lowest BCUT2D eigenvalue weighted by molar-refractivity contribution is 0.673. The van der Waals surface area contributed by atoms with Crippen LogP contribution in [0.5, 0.6) is 0 Å². The molecule has 0 radical (unpaired) electrons. The molecule has 0 N–H and O–H groups in total. The van der Waals surface area contributed by atoms with E-state index in [4.69, 9.17) is 4.42 Å². The molecule has 0 amide bonds. The van der Waals surface area contributed by atoms with E-state index in [9.17, 15) is 0 Å². The van der Waals surface area contributed by atoms with Crippen LogP contribution in [0.15, 0.2) is 223 Å². The summed E-state index contributed by atoms with van der Waals surface area (Å²) in [5, 5.41) is 9.60. The highest BCUT2D eigenvalue weighted by Gasteiger charge is 2.18. The van der Waals surface area contributed by atoms with E-state index in [2.05, 4.69) is 228 Å². The number of hydrogen-bond acceptors (Lipinski definition) is 2. The fourth-order valence-corrected chi connectivity index (χ4v) is 9.25. The number of benzene rings is 10. The van der Waals surface area contributed by atoms with Gasteiger partial charge in [0.1, 0.15) is 11.2 Å². The van der Waals surface area contributed by atoms with Gasteiger partial charge in [0.15, 0.2) is 0 Å². The zero-order valence-electron chi connectivity index (χ0n) is 32.1. The van der Waals surface area contributed by atoms with Gasteiger partial charge in [0, 0.05) is 49.7 Å². The molecule has 0 aliphatic heterocycles. The molecular formula is C56H36N2O. The van der Waals surface area contributed by atoms with Crippen LogP contribution in [0.4, 0.5) is 17.1 Å². The third kappa shape index (κ3) is 5.36. The maximum atomic E-state index is 6.54. The van der Waals surface area contributed by atoms with Gasteiger partial charge in [0.2, 0.25) is 0 Å². The van der Waals surface area contributed by atoms with Crippen LogP contribution in [0, 0.1) is 0 Å². The molecule has 12 aromatic rings. The molecule has 276 valence electrons. The van der Waals surface area contributed by atoms with Crippen molar-refractivity contribution in [3.05, 3.63) is 218 Å². The van der Waals surface area contributed by atoms with Crippen LogP contribution in [-0.4, -0.2) is 4.57 Å². The fraction of sp³-hybridized carbons (Fsp3) is 0. The lowest BCUT2D eigenvalue weighted by Crippen LogP contribution is -2.10. The van der Waals surface area contributed by atoms with Crippen LogP contribution in [0.1, 0.15) is 0 Å². The van der Waals surface area contributed by atoms with Crippen molar-refractivity contribution in [3.63, 3.8) is 0 Å². The molecular weight excluding hydrogens is 717 g/mol. The Kier molecular flexibility index (Phi) is 7.54. The van der Waals surface area contributed by atoms with Gasteiger partial charge in [-0.1, -0.05) is 146 Å². The number of para-hydroxylation sites is 2. The summed E-state index contributed by atoms with van der Waals surface area (Å²) in [6, 6.07) is 78.6. The van der Waals surface area contributed by atoms with Crippen LogP contribution < -0.4 is 4.90 Å². The lowest BCUT2D eigenvalue weighted by atomic mass is 9.97. The van der Waals surface area contributed by atoms with E-state index in [0.29, 0.717) is 0 Å². The molecule has 0 saturated heterocycles. The van der Waals surface area contributed by atoms with Crippen molar-refractivity contribution in [2.24, 2.45) is 0 Å². The Balaban J connectivity index is 0.975. The van der Waals surface area contributed by atoms with Crippen molar-refractivity contribution in [3.8, 4) is 27.9 Å². The normalized spacial score (nSPS) is 11.7.